The van der Waals surface area contributed by atoms with Gasteiger partial charge >= 0.3 is 5.97 Å². The quantitative estimate of drug-likeness (QED) is 0.828. The molecular weight excluding hydrogens is 204 g/mol. The van der Waals surface area contributed by atoms with Gasteiger partial charge in [0.05, 0.1) is 11.0 Å². The molecule has 4 heteroatoms. The van der Waals surface area contributed by atoms with Crippen LogP contribution in [0.15, 0.2) is 18.2 Å². The van der Waals surface area contributed by atoms with Crippen LogP contribution in [0.3, 0.4) is 0 Å². The molecule has 0 amide bonds. The first kappa shape index (κ1) is 10.7. The van der Waals surface area contributed by atoms with Gasteiger partial charge in [-0.15, -0.1) is 0 Å². The summed E-state index contributed by atoms with van der Waals surface area (Å²) in [5.41, 5.74) is 2.71. The lowest BCUT2D eigenvalue weighted by molar-refractivity contribution is 0.0685. The molecule has 1 aromatic carbocycles. The Morgan fingerprint density at radius 1 is 1.50 bits per heavy atom. The Bertz CT molecular complexity index is 517. The van der Waals surface area contributed by atoms with E-state index < -0.39 is 5.97 Å². The summed E-state index contributed by atoms with van der Waals surface area (Å²) in [6, 6.07) is 5.86. The SMILES string of the molecule is CCCCc1ccc2[nH]c(C(=O)O)nc2c1. The molecule has 16 heavy (non-hydrogen) atoms. The Morgan fingerprint density at radius 2 is 2.31 bits per heavy atom. The maximum Gasteiger partial charge on any atom is 0.371 e. The number of unbranched alkanes of at least 4 members (excludes halogenated alkanes) is 1. The third-order valence-electron chi connectivity index (χ3n) is 2.57. The number of fused-ring (bicyclic) bond motifs is 1. The van der Waals surface area contributed by atoms with E-state index >= 15 is 0 Å². The van der Waals surface area contributed by atoms with E-state index in [1.165, 1.54) is 5.56 Å². The van der Waals surface area contributed by atoms with Crippen molar-refractivity contribution in [3.63, 3.8) is 0 Å². The number of nitrogens with zero attached hydrogens (tertiary/aromatic N) is 1. The van der Waals surface area contributed by atoms with Crippen LogP contribution >= 0.6 is 0 Å². The van der Waals surface area contributed by atoms with Gasteiger partial charge in [0.2, 0.25) is 5.82 Å². The van der Waals surface area contributed by atoms with Crippen molar-refractivity contribution in [1.82, 2.24) is 9.97 Å². The van der Waals surface area contributed by atoms with Gasteiger partial charge in [0.1, 0.15) is 0 Å². The lowest BCUT2D eigenvalue weighted by atomic mass is 10.1. The molecule has 4 nitrogen and oxygen atoms in total. The van der Waals surface area contributed by atoms with E-state index in [1.54, 1.807) is 0 Å². The second-order valence-corrected chi connectivity index (χ2v) is 3.85. The van der Waals surface area contributed by atoms with Crippen LogP contribution in [0.2, 0.25) is 0 Å². The highest BCUT2D eigenvalue weighted by molar-refractivity contribution is 5.89. The van der Waals surface area contributed by atoms with Gasteiger partial charge in [-0.25, -0.2) is 9.78 Å². The Morgan fingerprint density at radius 3 is 3.00 bits per heavy atom. The fraction of sp³-hybridized carbons (Fsp3) is 0.333. The van der Waals surface area contributed by atoms with Gasteiger partial charge < -0.3 is 10.1 Å². The number of aromatic carboxylic acids is 1. The van der Waals surface area contributed by atoms with Crippen molar-refractivity contribution in [3.05, 3.63) is 29.6 Å². The van der Waals surface area contributed by atoms with Crippen molar-refractivity contribution in [3.8, 4) is 0 Å². The van der Waals surface area contributed by atoms with Gasteiger partial charge in [-0.05, 0) is 30.5 Å². The fourth-order valence-electron chi connectivity index (χ4n) is 1.69. The van der Waals surface area contributed by atoms with Crippen molar-refractivity contribution in [1.29, 1.82) is 0 Å². The predicted molar refractivity (Wildman–Crippen MR) is 61.7 cm³/mol. The number of imidazole rings is 1. The van der Waals surface area contributed by atoms with Crippen LogP contribution in [0.4, 0.5) is 0 Å². The second kappa shape index (κ2) is 4.35. The molecule has 0 aliphatic carbocycles. The number of carbonyl (C=O) groups is 1. The normalized spacial score (nSPS) is 10.8. The van der Waals surface area contributed by atoms with Crippen LogP contribution in [-0.2, 0) is 6.42 Å². The zero-order valence-electron chi connectivity index (χ0n) is 9.16. The van der Waals surface area contributed by atoms with E-state index in [0.717, 1.165) is 30.3 Å². The van der Waals surface area contributed by atoms with Gasteiger partial charge in [-0.3, -0.25) is 0 Å². The molecule has 2 N–H and O–H groups in total. The molecule has 0 unspecified atom stereocenters. The summed E-state index contributed by atoms with van der Waals surface area (Å²) in [6.45, 7) is 2.15. The monoisotopic (exact) mass is 218 g/mol. The fourth-order valence-corrected chi connectivity index (χ4v) is 1.69. The number of nitrogens with one attached hydrogen (secondary N) is 1. The third kappa shape index (κ3) is 2.05. The van der Waals surface area contributed by atoms with E-state index in [-0.39, 0.29) is 5.82 Å². The van der Waals surface area contributed by atoms with Crippen LogP contribution in [-0.4, -0.2) is 21.0 Å². The van der Waals surface area contributed by atoms with Crippen molar-refractivity contribution in [2.75, 3.05) is 0 Å². The molecule has 0 radical (unpaired) electrons. The Kier molecular flexibility index (Phi) is 2.90. The zero-order chi connectivity index (χ0) is 11.5. The number of benzene rings is 1. The molecule has 2 rings (SSSR count). The summed E-state index contributed by atoms with van der Waals surface area (Å²) >= 11 is 0. The molecule has 0 saturated carbocycles. The van der Waals surface area contributed by atoms with Gasteiger partial charge in [0.25, 0.3) is 0 Å². The highest BCUT2D eigenvalue weighted by atomic mass is 16.4. The Hall–Kier alpha value is -1.84. The lowest BCUT2D eigenvalue weighted by Gasteiger charge is -1.98. The number of hydrogen-bond donors (Lipinski definition) is 2. The first-order chi connectivity index (χ1) is 7.70. The number of rotatable bonds is 4. The van der Waals surface area contributed by atoms with E-state index in [9.17, 15) is 4.79 Å². The van der Waals surface area contributed by atoms with Gasteiger partial charge in [0, 0.05) is 0 Å². The molecule has 1 aromatic heterocycles. The third-order valence-corrected chi connectivity index (χ3v) is 2.57. The summed E-state index contributed by atoms with van der Waals surface area (Å²) < 4.78 is 0. The van der Waals surface area contributed by atoms with E-state index in [4.69, 9.17) is 5.11 Å². The number of aromatic amines is 1. The average molecular weight is 218 g/mol. The van der Waals surface area contributed by atoms with Crippen molar-refractivity contribution in [2.24, 2.45) is 0 Å². The summed E-state index contributed by atoms with van der Waals surface area (Å²) in [5.74, 6) is -1.02. The molecule has 0 fully saturated rings. The lowest BCUT2D eigenvalue weighted by Crippen LogP contribution is -1.97. The molecule has 0 spiro atoms. The molecule has 0 bridgehead atoms. The van der Waals surface area contributed by atoms with Gasteiger partial charge in [-0.2, -0.15) is 0 Å². The maximum absolute atomic E-state index is 10.7. The molecule has 0 aliphatic heterocycles. The van der Waals surface area contributed by atoms with Crippen LogP contribution in [0.1, 0.15) is 35.9 Å². The molecule has 0 aliphatic rings. The molecule has 84 valence electrons. The number of aromatic nitrogens is 2. The first-order valence-corrected chi connectivity index (χ1v) is 5.42. The summed E-state index contributed by atoms with van der Waals surface area (Å²) in [5, 5.41) is 8.80. The molecule has 1 heterocycles. The first-order valence-electron chi connectivity index (χ1n) is 5.42. The largest absolute Gasteiger partial charge is 0.475 e. The highest BCUT2D eigenvalue weighted by Crippen LogP contribution is 2.15. The highest BCUT2D eigenvalue weighted by Gasteiger charge is 2.09. The van der Waals surface area contributed by atoms with Crippen LogP contribution in [0, 0.1) is 0 Å². The summed E-state index contributed by atoms with van der Waals surface area (Å²) in [4.78, 5) is 17.5. The van der Waals surface area contributed by atoms with Crippen LogP contribution < -0.4 is 0 Å². The number of carboxylic acids is 1. The molecule has 0 atom stereocenters. The number of H-pyrrole nitrogens is 1. The second-order valence-electron chi connectivity index (χ2n) is 3.85. The maximum atomic E-state index is 10.7. The Balaban J connectivity index is 2.34. The van der Waals surface area contributed by atoms with Gasteiger partial charge in [0.15, 0.2) is 0 Å². The number of hydrogen-bond acceptors (Lipinski definition) is 2. The minimum absolute atomic E-state index is 0.00245. The summed E-state index contributed by atoms with van der Waals surface area (Å²) in [7, 11) is 0. The molecular formula is C12H14N2O2. The van der Waals surface area contributed by atoms with E-state index in [0.29, 0.717) is 0 Å². The smallest absolute Gasteiger partial charge is 0.371 e. The standard InChI is InChI=1S/C12H14N2O2/c1-2-3-4-8-5-6-9-10(7-8)14-11(13-9)12(15)16/h5-7H,2-4H2,1H3,(H,13,14)(H,15,16). The van der Waals surface area contributed by atoms with Crippen LogP contribution in [0.25, 0.3) is 11.0 Å². The Labute approximate surface area is 93.3 Å². The zero-order valence-corrected chi connectivity index (χ0v) is 9.16. The number of aryl methyl sites for hydroxylation is 1. The minimum Gasteiger partial charge on any atom is -0.475 e. The average Bonchev–Trinajstić information content (AvgIpc) is 2.69. The van der Waals surface area contributed by atoms with Gasteiger partial charge in [-0.1, -0.05) is 19.4 Å². The summed E-state index contributed by atoms with van der Waals surface area (Å²) in [6.07, 6.45) is 3.31. The molecule has 2 aromatic rings. The van der Waals surface area contributed by atoms with Crippen molar-refractivity contribution >= 4 is 17.0 Å². The van der Waals surface area contributed by atoms with E-state index in [2.05, 4.69) is 16.9 Å². The van der Waals surface area contributed by atoms with Crippen LogP contribution in [0.5, 0.6) is 0 Å². The molecule has 0 saturated heterocycles. The number of carboxylic acid groups (broad SMARTS) is 1. The minimum atomic E-state index is -1.02. The predicted octanol–water partition coefficient (Wildman–Crippen LogP) is 2.60. The van der Waals surface area contributed by atoms with E-state index in [1.807, 2.05) is 18.2 Å². The van der Waals surface area contributed by atoms with Crippen molar-refractivity contribution in [2.45, 2.75) is 26.2 Å². The topological polar surface area (TPSA) is 66.0 Å². The van der Waals surface area contributed by atoms with Crippen molar-refractivity contribution < 1.29 is 9.90 Å².